The molecule has 0 unspecified atom stereocenters. The molecule has 0 aromatic carbocycles. The van der Waals surface area contributed by atoms with Crippen LogP contribution in [0.15, 0.2) is 11.6 Å². The predicted octanol–water partition coefficient (Wildman–Crippen LogP) is 2.44. The standard InChI is InChI=1S/C11H17NO2/c1-5-9(6-2)11(4,8-12)10(13)14-7-3/h5H,6-7H2,1-4H3/b9-5+/t11-/m1/s1. The lowest BCUT2D eigenvalue weighted by molar-refractivity contribution is -0.149. The number of allylic oxidation sites excluding steroid dienone is 1. The average Bonchev–Trinajstić information content (AvgIpc) is 2.19. The molecule has 0 aromatic rings. The van der Waals surface area contributed by atoms with E-state index < -0.39 is 11.4 Å². The second-order valence-electron chi connectivity index (χ2n) is 3.12. The maximum Gasteiger partial charge on any atom is 0.330 e. The van der Waals surface area contributed by atoms with Crippen molar-refractivity contribution in [1.82, 2.24) is 0 Å². The van der Waals surface area contributed by atoms with Crippen LogP contribution in [0.4, 0.5) is 0 Å². The van der Waals surface area contributed by atoms with E-state index in [1.54, 1.807) is 19.9 Å². The van der Waals surface area contributed by atoms with Crippen molar-refractivity contribution in [3.05, 3.63) is 11.6 Å². The minimum atomic E-state index is -1.13. The molecule has 78 valence electrons. The molecule has 0 aromatic heterocycles. The zero-order valence-electron chi connectivity index (χ0n) is 9.26. The van der Waals surface area contributed by atoms with Gasteiger partial charge in [-0.2, -0.15) is 5.26 Å². The minimum Gasteiger partial charge on any atom is -0.465 e. The Morgan fingerprint density at radius 3 is 2.43 bits per heavy atom. The SMILES string of the molecule is C/C=C(\CC)[C@@](C)(C#N)C(=O)OCC. The highest BCUT2D eigenvalue weighted by molar-refractivity contribution is 5.83. The number of esters is 1. The second-order valence-corrected chi connectivity index (χ2v) is 3.12. The van der Waals surface area contributed by atoms with E-state index >= 15 is 0 Å². The van der Waals surface area contributed by atoms with Crippen LogP contribution in [0, 0.1) is 16.7 Å². The number of hydrogen-bond donors (Lipinski definition) is 0. The maximum atomic E-state index is 11.6. The second kappa shape index (κ2) is 5.43. The van der Waals surface area contributed by atoms with Crippen molar-refractivity contribution in [3.8, 4) is 6.07 Å². The normalized spacial score (nSPS) is 15.5. The van der Waals surface area contributed by atoms with E-state index in [4.69, 9.17) is 10.00 Å². The topological polar surface area (TPSA) is 50.1 Å². The molecule has 1 atom stereocenters. The molecule has 3 heteroatoms. The Morgan fingerprint density at radius 1 is 1.57 bits per heavy atom. The highest BCUT2D eigenvalue weighted by Gasteiger charge is 2.37. The average molecular weight is 195 g/mol. The molecule has 0 radical (unpaired) electrons. The zero-order valence-corrected chi connectivity index (χ0v) is 9.26. The van der Waals surface area contributed by atoms with Gasteiger partial charge in [-0.3, -0.25) is 0 Å². The van der Waals surface area contributed by atoms with Crippen molar-refractivity contribution in [3.63, 3.8) is 0 Å². The van der Waals surface area contributed by atoms with Gasteiger partial charge in [-0.25, -0.2) is 4.79 Å². The summed E-state index contributed by atoms with van der Waals surface area (Å²) in [7, 11) is 0. The fourth-order valence-corrected chi connectivity index (χ4v) is 1.37. The Morgan fingerprint density at radius 2 is 2.14 bits per heavy atom. The Kier molecular flexibility index (Phi) is 4.93. The van der Waals surface area contributed by atoms with Crippen molar-refractivity contribution in [1.29, 1.82) is 5.26 Å². The van der Waals surface area contributed by atoms with E-state index in [9.17, 15) is 4.79 Å². The Balaban J connectivity index is 4.99. The molecule has 0 fully saturated rings. The fourth-order valence-electron chi connectivity index (χ4n) is 1.37. The molecule has 0 spiro atoms. The van der Waals surface area contributed by atoms with Gasteiger partial charge in [0, 0.05) is 0 Å². The summed E-state index contributed by atoms with van der Waals surface area (Å²) in [4.78, 5) is 11.6. The summed E-state index contributed by atoms with van der Waals surface area (Å²) in [5.41, 5.74) is -0.321. The van der Waals surface area contributed by atoms with Crippen LogP contribution in [0.3, 0.4) is 0 Å². The summed E-state index contributed by atoms with van der Waals surface area (Å²) in [5, 5.41) is 9.02. The minimum absolute atomic E-state index is 0.302. The molecule has 0 aliphatic heterocycles. The van der Waals surface area contributed by atoms with Crippen LogP contribution in [-0.4, -0.2) is 12.6 Å². The van der Waals surface area contributed by atoms with E-state index in [2.05, 4.69) is 0 Å². The zero-order chi connectivity index (χ0) is 11.2. The first-order valence-corrected chi connectivity index (χ1v) is 4.80. The summed E-state index contributed by atoms with van der Waals surface area (Å²) < 4.78 is 4.88. The quantitative estimate of drug-likeness (QED) is 0.511. The van der Waals surface area contributed by atoms with E-state index in [-0.39, 0.29) is 0 Å². The Hall–Kier alpha value is -1.30. The van der Waals surface area contributed by atoms with Crippen molar-refractivity contribution >= 4 is 5.97 Å². The number of rotatable bonds is 4. The van der Waals surface area contributed by atoms with Crippen molar-refractivity contribution < 1.29 is 9.53 Å². The third-order valence-corrected chi connectivity index (χ3v) is 2.28. The van der Waals surface area contributed by atoms with E-state index in [1.807, 2.05) is 19.9 Å². The smallest absolute Gasteiger partial charge is 0.330 e. The van der Waals surface area contributed by atoms with Crippen LogP contribution in [0.25, 0.3) is 0 Å². The van der Waals surface area contributed by atoms with Gasteiger partial charge in [0.05, 0.1) is 12.7 Å². The van der Waals surface area contributed by atoms with Gasteiger partial charge in [-0.05, 0) is 32.8 Å². The predicted molar refractivity (Wildman–Crippen MR) is 54.4 cm³/mol. The van der Waals surface area contributed by atoms with Gasteiger partial charge in [0.2, 0.25) is 0 Å². The third-order valence-electron chi connectivity index (χ3n) is 2.28. The van der Waals surface area contributed by atoms with E-state index in [0.717, 1.165) is 5.57 Å². The molecular formula is C11H17NO2. The molecule has 14 heavy (non-hydrogen) atoms. The first kappa shape index (κ1) is 12.7. The van der Waals surface area contributed by atoms with Gasteiger partial charge in [0.25, 0.3) is 0 Å². The molecule has 0 bridgehead atoms. The Bertz CT molecular complexity index is 276. The number of hydrogen-bond acceptors (Lipinski definition) is 3. The molecule has 0 aliphatic carbocycles. The molecule has 0 saturated heterocycles. The molecule has 0 heterocycles. The highest BCUT2D eigenvalue weighted by atomic mass is 16.5. The fraction of sp³-hybridized carbons (Fsp3) is 0.636. The van der Waals surface area contributed by atoms with Gasteiger partial charge >= 0.3 is 5.97 Å². The maximum absolute atomic E-state index is 11.6. The number of nitrogens with zero attached hydrogens (tertiary/aromatic N) is 1. The van der Waals surface area contributed by atoms with Crippen LogP contribution in [0.5, 0.6) is 0 Å². The monoisotopic (exact) mass is 195 g/mol. The molecule has 0 N–H and O–H groups in total. The summed E-state index contributed by atoms with van der Waals surface area (Å²) in [6.07, 6.45) is 2.49. The van der Waals surface area contributed by atoms with Crippen LogP contribution in [0.2, 0.25) is 0 Å². The van der Waals surface area contributed by atoms with Crippen LogP contribution < -0.4 is 0 Å². The highest BCUT2D eigenvalue weighted by Crippen LogP contribution is 2.29. The van der Waals surface area contributed by atoms with E-state index in [1.165, 1.54) is 0 Å². The van der Waals surface area contributed by atoms with Gasteiger partial charge < -0.3 is 4.74 Å². The van der Waals surface area contributed by atoms with Gasteiger partial charge in [0.15, 0.2) is 5.41 Å². The summed E-state index contributed by atoms with van der Waals surface area (Å²) in [6.45, 7) is 7.38. The van der Waals surface area contributed by atoms with Gasteiger partial charge in [-0.1, -0.05) is 13.0 Å². The lowest BCUT2D eigenvalue weighted by atomic mass is 9.82. The van der Waals surface area contributed by atoms with Crippen molar-refractivity contribution in [2.24, 2.45) is 5.41 Å². The number of nitriles is 1. The summed E-state index contributed by atoms with van der Waals surface area (Å²) in [6, 6.07) is 2.02. The molecular weight excluding hydrogens is 178 g/mol. The van der Waals surface area contributed by atoms with Gasteiger partial charge in [0.1, 0.15) is 0 Å². The first-order valence-electron chi connectivity index (χ1n) is 4.80. The van der Waals surface area contributed by atoms with Crippen molar-refractivity contribution in [2.45, 2.75) is 34.1 Å². The third kappa shape index (κ3) is 2.35. The van der Waals surface area contributed by atoms with Crippen LogP contribution in [0.1, 0.15) is 34.1 Å². The number of carbonyl (C=O) groups is 1. The molecule has 0 rings (SSSR count). The Labute approximate surface area is 85.4 Å². The first-order chi connectivity index (χ1) is 6.56. The number of ether oxygens (including phenoxy) is 1. The largest absolute Gasteiger partial charge is 0.465 e. The summed E-state index contributed by atoms with van der Waals surface area (Å²) in [5.74, 6) is -0.461. The lowest BCUT2D eigenvalue weighted by Crippen LogP contribution is -2.30. The number of carbonyl (C=O) groups excluding carboxylic acids is 1. The van der Waals surface area contributed by atoms with Crippen LogP contribution in [-0.2, 0) is 9.53 Å². The van der Waals surface area contributed by atoms with E-state index in [0.29, 0.717) is 13.0 Å². The molecule has 3 nitrogen and oxygen atoms in total. The van der Waals surface area contributed by atoms with Gasteiger partial charge in [-0.15, -0.1) is 0 Å². The molecule has 0 amide bonds. The molecule has 0 saturated carbocycles. The van der Waals surface area contributed by atoms with Crippen LogP contribution >= 0.6 is 0 Å². The lowest BCUT2D eigenvalue weighted by Gasteiger charge is -2.21. The summed E-state index contributed by atoms with van der Waals surface area (Å²) >= 11 is 0. The molecule has 0 aliphatic rings. The van der Waals surface area contributed by atoms with Crippen molar-refractivity contribution in [2.75, 3.05) is 6.61 Å².